The molecule has 0 bridgehead atoms. The number of nitrogens with one attached hydrogen (secondary N) is 1. The lowest BCUT2D eigenvalue weighted by Crippen LogP contribution is -2.66. The maximum absolute atomic E-state index is 13.3. The highest BCUT2D eigenvalue weighted by atomic mass is 16.8. The number of carbonyl (C=O) groups is 1. The minimum absolute atomic E-state index is 0.204. The lowest BCUT2D eigenvalue weighted by molar-refractivity contribution is -0.379. The Balaban J connectivity index is 1.52. The number of ether oxygens (including phenoxy) is 6. The second-order valence-corrected chi connectivity index (χ2v) is 21.8. The van der Waals surface area contributed by atoms with Crippen LogP contribution in [0.4, 0.5) is 0 Å². The minimum Gasteiger partial charge on any atom is -0.394 e. The van der Waals surface area contributed by atoms with Crippen molar-refractivity contribution in [2.24, 2.45) is 0 Å². The fourth-order valence-electron chi connectivity index (χ4n) is 9.96. The summed E-state index contributed by atoms with van der Waals surface area (Å²) in [6.07, 6.45) is 25.9. The quantitative estimate of drug-likeness (QED) is 0.0253. The zero-order valence-corrected chi connectivity index (χ0v) is 48.7. The molecule has 0 saturated carbocycles. The molecule has 0 aliphatic carbocycles. The van der Waals surface area contributed by atoms with Crippen LogP contribution in [0, 0.1) is 0 Å². The Bertz CT molecular complexity index is 1760. The minimum atomic E-state index is -1.99. The third kappa shape index (κ3) is 28.3. The average Bonchev–Trinajstić information content (AvgIpc) is 3.47. The standard InChI is InChI=1S/C62H107NO18/c1-3-5-7-9-11-13-15-17-19-21-22-24-25-27-29-31-33-35-37-39-46(67)45(63-50(68)40-38-36-34-32-30-28-26-23-20-18-16-14-12-10-8-6-4-2)44-76-60-56(74)53(71)58(48(42-65)78-60)81-62-57(75)54(72)59(49(43-66)79-62)80-61-55(73)52(70)51(69)47(41-64)77-61/h6,8,12,14,18,20,26,28-29,31,37,39,45-49,51-62,64-67,69-75H,3-5,7,9-11,13,15-17,19,21-25,27,30,32-36,38,40-44H2,1-2H3,(H,63,68)/b8-6-,14-12-,20-18-,28-26-,31-29+,39-37+. The smallest absolute Gasteiger partial charge is 0.220 e. The first-order valence-corrected chi connectivity index (χ1v) is 30.7. The van der Waals surface area contributed by atoms with Crippen LogP contribution in [0.3, 0.4) is 0 Å². The Hall–Kier alpha value is -2.77. The van der Waals surface area contributed by atoms with Crippen molar-refractivity contribution < 1.29 is 89.4 Å². The van der Waals surface area contributed by atoms with Gasteiger partial charge in [0.15, 0.2) is 18.9 Å². The van der Waals surface area contributed by atoms with Gasteiger partial charge in [0, 0.05) is 6.42 Å². The molecule has 81 heavy (non-hydrogen) atoms. The molecule has 19 heteroatoms. The second-order valence-electron chi connectivity index (χ2n) is 21.8. The van der Waals surface area contributed by atoms with Crippen LogP contribution in [0.15, 0.2) is 72.9 Å². The van der Waals surface area contributed by atoms with E-state index in [1.165, 1.54) is 77.0 Å². The Morgan fingerprint density at radius 2 is 0.864 bits per heavy atom. The van der Waals surface area contributed by atoms with Gasteiger partial charge in [-0.15, -0.1) is 0 Å². The number of hydrogen-bond donors (Lipinski definition) is 12. The third-order valence-corrected chi connectivity index (χ3v) is 15.0. The van der Waals surface area contributed by atoms with Gasteiger partial charge in [-0.05, 0) is 70.6 Å². The van der Waals surface area contributed by atoms with Gasteiger partial charge in [-0.1, -0.05) is 177 Å². The number of aliphatic hydroxyl groups excluding tert-OH is 11. The van der Waals surface area contributed by atoms with Crippen molar-refractivity contribution in [1.29, 1.82) is 0 Å². The molecule has 0 spiro atoms. The summed E-state index contributed by atoms with van der Waals surface area (Å²) < 4.78 is 34.2. The van der Waals surface area contributed by atoms with Crippen molar-refractivity contribution in [2.45, 2.75) is 285 Å². The molecule has 468 valence electrons. The predicted molar refractivity (Wildman–Crippen MR) is 309 cm³/mol. The molecule has 0 aromatic rings. The summed E-state index contributed by atoms with van der Waals surface area (Å²) in [5, 5.41) is 120. The molecular formula is C62H107NO18. The van der Waals surface area contributed by atoms with E-state index in [-0.39, 0.29) is 18.9 Å². The molecule has 3 aliphatic heterocycles. The molecule has 1 amide bonds. The molecule has 3 heterocycles. The van der Waals surface area contributed by atoms with E-state index in [0.29, 0.717) is 12.8 Å². The molecule has 17 unspecified atom stereocenters. The molecule has 12 N–H and O–H groups in total. The number of unbranched alkanes of at least 4 members (excludes halogenated alkanes) is 18. The van der Waals surface area contributed by atoms with Crippen LogP contribution in [0.5, 0.6) is 0 Å². The van der Waals surface area contributed by atoms with Crippen LogP contribution < -0.4 is 5.32 Å². The van der Waals surface area contributed by atoms with Gasteiger partial charge in [-0.3, -0.25) is 4.79 Å². The summed E-state index contributed by atoms with van der Waals surface area (Å²) in [5.41, 5.74) is 0. The molecule has 3 aliphatic rings. The lowest BCUT2D eigenvalue weighted by Gasteiger charge is -2.48. The molecule has 3 saturated heterocycles. The molecule has 3 rings (SSSR count). The SMILES string of the molecule is CC/C=C\C/C=C\C/C=C\C/C=C\CCCCCCC(=O)NC(COC1OC(CO)C(OC2OC(CO)C(OC3OC(CO)C(O)C(O)C3O)C(O)C2O)C(O)C1O)C(O)/C=C/CC/C=C/CCCCCCCCCCCCCCC. The zero-order chi connectivity index (χ0) is 59.0. The molecule has 0 aromatic carbocycles. The van der Waals surface area contributed by atoms with Crippen molar-refractivity contribution in [3.63, 3.8) is 0 Å². The Morgan fingerprint density at radius 1 is 0.457 bits per heavy atom. The number of carbonyl (C=O) groups excluding carboxylic acids is 1. The van der Waals surface area contributed by atoms with Gasteiger partial charge < -0.3 is 89.9 Å². The molecule has 0 aromatic heterocycles. The Labute approximate surface area is 483 Å². The monoisotopic (exact) mass is 1150 g/mol. The van der Waals surface area contributed by atoms with Crippen LogP contribution in [-0.2, 0) is 33.2 Å². The van der Waals surface area contributed by atoms with Gasteiger partial charge in [-0.25, -0.2) is 0 Å². The van der Waals surface area contributed by atoms with Crippen LogP contribution in [0.25, 0.3) is 0 Å². The highest BCUT2D eigenvalue weighted by Crippen LogP contribution is 2.33. The normalized spacial score (nSPS) is 30.3. The fraction of sp³-hybridized carbons (Fsp3) is 0.790. The Morgan fingerprint density at radius 3 is 1.38 bits per heavy atom. The van der Waals surface area contributed by atoms with E-state index < -0.39 is 124 Å². The molecule has 3 fully saturated rings. The second kappa shape index (κ2) is 44.7. The summed E-state index contributed by atoms with van der Waals surface area (Å²) in [7, 11) is 0. The predicted octanol–water partition coefficient (Wildman–Crippen LogP) is 5.82. The maximum atomic E-state index is 13.3. The van der Waals surface area contributed by atoms with Crippen molar-refractivity contribution in [2.75, 3.05) is 26.4 Å². The molecular weight excluding hydrogens is 1050 g/mol. The summed E-state index contributed by atoms with van der Waals surface area (Å²) in [6, 6.07) is -1.01. The van der Waals surface area contributed by atoms with E-state index in [2.05, 4.69) is 79.9 Å². The van der Waals surface area contributed by atoms with Crippen molar-refractivity contribution in [1.82, 2.24) is 5.32 Å². The topological polar surface area (TPSA) is 307 Å². The fourth-order valence-corrected chi connectivity index (χ4v) is 9.96. The van der Waals surface area contributed by atoms with Crippen LogP contribution in [0.2, 0.25) is 0 Å². The highest BCUT2D eigenvalue weighted by molar-refractivity contribution is 5.76. The number of aliphatic hydroxyl groups is 11. The van der Waals surface area contributed by atoms with Crippen molar-refractivity contribution in [3.8, 4) is 0 Å². The average molecular weight is 1150 g/mol. The van der Waals surface area contributed by atoms with Gasteiger partial charge in [0.1, 0.15) is 73.2 Å². The first-order chi connectivity index (χ1) is 39.3. The first kappa shape index (κ1) is 72.5. The molecule has 0 radical (unpaired) electrons. The van der Waals surface area contributed by atoms with Crippen LogP contribution in [0.1, 0.15) is 181 Å². The molecule has 19 nitrogen and oxygen atoms in total. The third-order valence-electron chi connectivity index (χ3n) is 15.0. The highest BCUT2D eigenvalue weighted by Gasteiger charge is 2.53. The lowest BCUT2D eigenvalue weighted by atomic mass is 9.96. The van der Waals surface area contributed by atoms with E-state index in [1.807, 2.05) is 6.08 Å². The van der Waals surface area contributed by atoms with Gasteiger partial charge >= 0.3 is 0 Å². The van der Waals surface area contributed by atoms with Crippen molar-refractivity contribution in [3.05, 3.63) is 72.9 Å². The number of amides is 1. The van der Waals surface area contributed by atoms with E-state index >= 15 is 0 Å². The maximum Gasteiger partial charge on any atom is 0.220 e. The molecule has 17 atom stereocenters. The van der Waals surface area contributed by atoms with E-state index in [4.69, 9.17) is 28.4 Å². The van der Waals surface area contributed by atoms with E-state index in [0.717, 1.165) is 70.6 Å². The first-order valence-electron chi connectivity index (χ1n) is 30.7. The van der Waals surface area contributed by atoms with E-state index in [9.17, 15) is 61.0 Å². The summed E-state index contributed by atoms with van der Waals surface area (Å²) in [6.45, 7) is 1.56. The van der Waals surface area contributed by atoms with Gasteiger partial charge in [0.25, 0.3) is 0 Å². The van der Waals surface area contributed by atoms with Gasteiger partial charge in [-0.2, -0.15) is 0 Å². The number of rotatable bonds is 44. The van der Waals surface area contributed by atoms with E-state index in [1.54, 1.807) is 6.08 Å². The number of hydrogen-bond acceptors (Lipinski definition) is 18. The van der Waals surface area contributed by atoms with Crippen molar-refractivity contribution >= 4 is 5.91 Å². The van der Waals surface area contributed by atoms with Gasteiger partial charge in [0.05, 0.1) is 38.6 Å². The largest absolute Gasteiger partial charge is 0.394 e. The summed E-state index contributed by atoms with van der Waals surface area (Å²) in [5.74, 6) is -0.312. The summed E-state index contributed by atoms with van der Waals surface area (Å²) in [4.78, 5) is 13.3. The van der Waals surface area contributed by atoms with Crippen LogP contribution in [-0.4, -0.2) is 193 Å². The van der Waals surface area contributed by atoms with Gasteiger partial charge in [0.2, 0.25) is 5.91 Å². The number of allylic oxidation sites excluding steroid dienone is 11. The summed E-state index contributed by atoms with van der Waals surface area (Å²) >= 11 is 0. The van der Waals surface area contributed by atoms with Crippen LogP contribution >= 0.6 is 0 Å². The Kier molecular flexibility index (Phi) is 40.0. The zero-order valence-electron chi connectivity index (χ0n) is 48.7.